The minimum Gasteiger partial charge on any atom is -0.497 e. The molecule has 2 aromatic carbocycles. The normalized spacial score (nSPS) is 19.6. The van der Waals surface area contributed by atoms with Crippen molar-refractivity contribution in [3.63, 3.8) is 0 Å². The molecule has 6 nitrogen and oxygen atoms in total. The van der Waals surface area contributed by atoms with Gasteiger partial charge in [-0.3, -0.25) is 4.79 Å². The van der Waals surface area contributed by atoms with E-state index in [1.54, 1.807) is 19.2 Å². The van der Waals surface area contributed by atoms with Crippen LogP contribution in [0.5, 0.6) is 5.75 Å². The average molecular weight is 396 g/mol. The van der Waals surface area contributed by atoms with Crippen LogP contribution in [0.2, 0.25) is 0 Å². The van der Waals surface area contributed by atoms with E-state index in [4.69, 9.17) is 9.84 Å². The first-order chi connectivity index (χ1) is 13.2. The topological polar surface area (TPSA) is 78.9 Å². The fourth-order valence-corrected chi connectivity index (χ4v) is 3.35. The number of benzene rings is 2. The number of carbonyl (C=O) groups excluding carboxylic acids is 1. The van der Waals surface area contributed by atoms with Crippen LogP contribution in [0, 0.1) is 11.8 Å². The Morgan fingerprint density at radius 2 is 1.86 bits per heavy atom. The predicted octanol–water partition coefficient (Wildman–Crippen LogP) is 3.25. The number of amides is 2. The average Bonchev–Trinajstić information content (AvgIpc) is 3.12. The fourth-order valence-electron chi connectivity index (χ4n) is 3.35. The number of hydrogen-bond acceptors (Lipinski definition) is 3. The third-order valence-corrected chi connectivity index (χ3v) is 4.90. The van der Waals surface area contributed by atoms with E-state index >= 15 is 0 Å². The Labute approximate surface area is 158 Å². The van der Waals surface area contributed by atoms with Gasteiger partial charge in [-0.25, -0.2) is 4.79 Å². The maximum absolute atomic E-state index is 13.0. The summed E-state index contributed by atoms with van der Waals surface area (Å²) < 4.78 is 44.3. The predicted molar refractivity (Wildman–Crippen MR) is 95.0 cm³/mol. The minimum absolute atomic E-state index is 0.117. The van der Waals surface area contributed by atoms with Crippen molar-refractivity contribution < 1.29 is 32.6 Å². The third-order valence-electron chi connectivity index (χ3n) is 4.90. The van der Waals surface area contributed by atoms with Gasteiger partial charge in [-0.1, -0.05) is 18.2 Å². The Bertz CT molecular complexity index is 900. The van der Waals surface area contributed by atoms with Crippen molar-refractivity contribution in [3.8, 4) is 5.75 Å². The van der Waals surface area contributed by atoms with Crippen LogP contribution < -0.4 is 10.1 Å². The van der Waals surface area contributed by atoms with Crippen molar-refractivity contribution in [2.75, 3.05) is 20.2 Å². The van der Waals surface area contributed by atoms with Gasteiger partial charge in [-0.15, -0.1) is 0 Å². The highest BCUT2D eigenvalue weighted by Gasteiger charge is 2.53. The summed E-state index contributed by atoms with van der Waals surface area (Å²) in [7, 11) is 1.57. The lowest BCUT2D eigenvalue weighted by Gasteiger charge is -2.18. The van der Waals surface area contributed by atoms with E-state index in [1.807, 2.05) is 24.3 Å². The highest BCUT2D eigenvalue weighted by atomic mass is 19.4. The largest absolute Gasteiger partial charge is 0.497 e. The van der Waals surface area contributed by atoms with Crippen LogP contribution in [0.3, 0.4) is 0 Å². The molecule has 0 spiro atoms. The molecule has 1 heterocycles. The van der Waals surface area contributed by atoms with Crippen molar-refractivity contribution in [3.05, 3.63) is 42.0 Å². The molecule has 0 radical (unpaired) electrons. The van der Waals surface area contributed by atoms with Gasteiger partial charge in [0.1, 0.15) is 5.75 Å². The number of fused-ring (bicyclic) bond motifs is 1. The zero-order valence-electron chi connectivity index (χ0n) is 15.0. The molecule has 1 aliphatic rings. The van der Waals surface area contributed by atoms with Crippen molar-refractivity contribution in [1.29, 1.82) is 0 Å². The quantitative estimate of drug-likeness (QED) is 0.832. The third kappa shape index (κ3) is 4.13. The minimum atomic E-state index is -4.67. The number of nitrogens with one attached hydrogen (secondary N) is 1. The smallest absolute Gasteiger partial charge is 0.394 e. The highest BCUT2D eigenvalue weighted by Crippen LogP contribution is 2.37. The molecular formula is C19H19F3N2O4. The van der Waals surface area contributed by atoms with Gasteiger partial charge in [-0.05, 0) is 34.5 Å². The molecule has 0 saturated carbocycles. The van der Waals surface area contributed by atoms with Gasteiger partial charge >= 0.3 is 18.2 Å². The second kappa shape index (κ2) is 7.57. The number of aliphatic carboxylic acids is 1. The molecule has 1 aliphatic heterocycles. The summed E-state index contributed by atoms with van der Waals surface area (Å²) >= 11 is 0. The maximum atomic E-state index is 13.0. The van der Waals surface area contributed by atoms with Crippen LogP contribution in [0.1, 0.15) is 5.56 Å². The summed E-state index contributed by atoms with van der Waals surface area (Å²) in [5.41, 5.74) is 0.771. The van der Waals surface area contributed by atoms with Gasteiger partial charge in [0.05, 0.1) is 18.9 Å². The Balaban J connectivity index is 1.65. The Morgan fingerprint density at radius 1 is 1.18 bits per heavy atom. The summed E-state index contributed by atoms with van der Waals surface area (Å²) in [5, 5.41) is 13.5. The molecule has 150 valence electrons. The number of alkyl halides is 3. The summed E-state index contributed by atoms with van der Waals surface area (Å²) in [6.07, 6.45) is -4.67. The molecule has 2 atom stereocenters. The number of carbonyl (C=O) groups is 2. The molecule has 0 bridgehead atoms. The zero-order valence-corrected chi connectivity index (χ0v) is 15.0. The first-order valence-electron chi connectivity index (χ1n) is 8.58. The molecule has 9 heteroatoms. The van der Waals surface area contributed by atoms with Crippen molar-refractivity contribution in [1.82, 2.24) is 10.2 Å². The molecule has 2 aromatic rings. The molecule has 0 aromatic heterocycles. The molecule has 1 saturated heterocycles. The SMILES string of the molecule is COc1ccc2cc(CNC(=O)N3C[C@@H](C(F)(F)F)[C@H](C(=O)O)C3)ccc2c1. The first-order valence-corrected chi connectivity index (χ1v) is 8.58. The van der Waals surface area contributed by atoms with Crippen LogP contribution in [0.25, 0.3) is 10.8 Å². The van der Waals surface area contributed by atoms with Crippen molar-refractivity contribution in [2.45, 2.75) is 12.7 Å². The molecule has 0 unspecified atom stereocenters. The number of nitrogens with zero attached hydrogens (tertiary/aromatic N) is 1. The van der Waals surface area contributed by atoms with E-state index in [0.29, 0.717) is 0 Å². The number of rotatable bonds is 4. The Kier molecular flexibility index (Phi) is 5.35. The number of likely N-dealkylation sites (tertiary alicyclic amines) is 1. The van der Waals surface area contributed by atoms with Gasteiger partial charge < -0.3 is 20.1 Å². The highest BCUT2D eigenvalue weighted by molar-refractivity contribution is 5.84. The summed E-state index contributed by atoms with van der Waals surface area (Å²) in [4.78, 5) is 24.3. The second-order valence-electron chi connectivity index (χ2n) is 6.70. The van der Waals surface area contributed by atoms with E-state index in [1.165, 1.54) is 0 Å². The monoisotopic (exact) mass is 396 g/mol. The van der Waals surface area contributed by atoms with E-state index in [2.05, 4.69) is 5.32 Å². The number of methoxy groups -OCH3 is 1. The van der Waals surface area contributed by atoms with Crippen LogP contribution in [-0.4, -0.2) is 48.4 Å². The molecule has 0 aliphatic carbocycles. The van der Waals surface area contributed by atoms with Gasteiger partial charge in [0.15, 0.2) is 0 Å². The van der Waals surface area contributed by atoms with Crippen LogP contribution in [0.15, 0.2) is 36.4 Å². The van der Waals surface area contributed by atoms with E-state index < -0.39 is 43.1 Å². The molecule has 2 amide bonds. The molecule has 28 heavy (non-hydrogen) atoms. The molecular weight excluding hydrogens is 377 g/mol. The summed E-state index contributed by atoms with van der Waals surface area (Å²) in [5.74, 6) is -4.55. The fraction of sp³-hybridized carbons (Fsp3) is 0.368. The molecule has 3 rings (SSSR count). The van der Waals surface area contributed by atoms with Gasteiger partial charge in [-0.2, -0.15) is 13.2 Å². The van der Waals surface area contributed by atoms with Gasteiger partial charge in [0, 0.05) is 19.6 Å². The lowest BCUT2D eigenvalue weighted by atomic mass is 9.96. The number of urea groups is 1. The molecule has 2 N–H and O–H groups in total. The van der Waals surface area contributed by atoms with E-state index in [-0.39, 0.29) is 6.54 Å². The second-order valence-corrected chi connectivity index (χ2v) is 6.70. The van der Waals surface area contributed by atoms with Gasteiger partial charge in [0.25, 0.3) is 0 Å². The standard InChI is InChI=1S/C19H19F3N2O4/c1-28-14-5-4-12-6-11(2-3-13(12)7-14)8-23-18(27)24-9-15(17(25)26)16(10-24)19(20,21)22/h2-7,15-16H,8-10H2,1H3,(H,23,27)(H,25,26)/t15-,16-/m1/s1. The van der Waals surface area contributed by atoms with E-state index in [9.17, 15) is 22.8 Å². The number of ether oxygens (including phenoxy) is 1. The van der Waals surface area contributed by atoms with Crippen molar-refractivity contribution >= 4 is 22.8 Å². The summed E-state index contributed by atoms with van der Waals surface area (Å²) in [6, 6.07) is 10.3. The molecule has 1 fully saturated rings. The Hall–Kier alpha value is -2.97. The Morgan fingerprint density at radius 3 is 2.46 bits per heavy atom. The number of carboxylic acid groups (broad SMARTS) is 1. The maximum Gasteiger partial charge on any atom is 0.394 e. The van der Waals surface area contributed by atoms with Crippen LogP contribution in [0.4, 0.5) is 18.0 Å². The lowest BCUT2D eigenvalue weighted by Crippen LogP contribution is -2.39. The number of carboxylic acids is 1. The number of hydrogen-bond donors (Lipinski definition) is 2. The zero-order chi connectivity index (χ0) is 20.5. The van der Waals surface area contributed by atoms with Crippen LogP contribution >= 0.6 is 0 Å². The first kappa shape index (κ1) is 19.8. The van der Waals surface area contributed by atoms with E-state index in [0.717, 1.165) is 27.0 Å². The van der Waals surface area contributed by atoms with Crippen LogP contribution in [-0.2, 0) is 11.3 Å². The lowest BCUT2D eigenvalue weighted by molar-refractivity contribution is -0.187. The van der Waals surface area contributed by atoms with Gasteiger partial charge in [0.2, 0.25) is 0 Å². The number of halogens is 3. The summed E-state index contributed by atoms with van der Waals surface area (Å²) in [6.45, 7) is -1.02. The van der Waals surface area contributed by atoms with Crippen molar-refractivity contribution in [2.24, 2.45) is 11.8 Å².